The maximum absolute atomic E-state index is 13.2. The summed E-state index contributed by atoms with van der Waals surface area (Å²) >= 11 is 0. The summed E-state index contributed by atoms with van der Waals surface area (Å²) in [5.41, 5.74) is 1.65. The van der Waals surface area contributed by atoms with E-state index in [0.29, 0.717) is 11.6 Å². The average molecular weight is 396 g/mol. The SMILES string of the molecule is NS(=O)(=O)c1ccc(N2C(=O)C3C4CC(c5ccccc5)C(C4)C3C2=O)cc1. The van der Waals surface area contributed by atoms with E-state index in [1.165, 1.54) is 34.7 Å². The Labute approximate surface area is 163 Å². The fraction of sp³-hybridized carbons (Fsp3) is 0.333. The molecular weight excluding hydrogens is 376 g/mol. The monoisotopic (exact) mass is 396 g/mol. The second kappa shape index (κ2) is 5.99. The van der Waals surface area contributed by atoms with Crippen molar-refractivity contribution in [2.24, 2.45) is 28.8 Å². The average Bonchev–Trinajstić information content (AvgIpc) is 3.33. The van der Waals surface area contributed by atoms with Crippen LogP contribution in [-0.4, -0.2) is 20.2 Å². The first-order valence-corrected chi connectivity index (χ1v) is 11.0. The van der Waals surface area contributed by atoms with Crippen LogP contribution in [0.3, 0.4) is 0 Å². The molecule has 3 aliphatic rings. The highest BCUT2D eigenvalue weighted by molar-refractivity contribution is 7.89. The van der Waals surface area contributed by atoms with Gasteiger partial charge in [-0.05, 0) is 60.4 Å². The van der Waals surface area contributed by atoms with Gasteiger partial charge in [0.05, 0.1) is 22.4 Å². The molecule has 3 fully saturated rings. The van der Waals surface area contributed by atoms with Crippen LogP contribution in [0.1, 0.15) is 24.3 Å². The first-order valence-electron chi connectivity index (χ1n) is 9.42. The second-order valence-electron chi connectivity index (χ2n) is 8.01. The van der Waals surface area contributed by atoms with Gasteiger partial charge in [-0.1, -0.05) is 30.3 Å². The van der Waals surface area contributed by atoms with Crippen molar-refractivity contribution in [3.8, 4) is 0 Å². The molecule has 28 heavy (non-hydrogen) atoms. The Balaban J connectivity index is 1.46. The summed E-state index contributed by atoms with van der Waals surface area (Å²) < 4.78 is 22.9. The lowest BCUT2D eigenvalue weighted by Crippen LogP contribution is -2.33. The van der Waals surface area contributed by atoms with Gasteiger partial charge in [-0.25, -0.2) is 13.6 Å². The summed E-state index contributed by atoms with van der Waals surface area (Å²) in [6, 6.07) is 15.8. The molecule has 0 radical (unpaired) electrons. The van der Waals surface area contributed by atoms with E-state index in [9.17, 15) is 18.0 Å². The third kappa shape index (κ3) is 2.46. The summed E-state index contributed by atoms with van der Waals surface area (Å²) in [5.74, 6) is -0.129. The molecule has 2 aromatic carbocycles. The Kier molecular flexibility index (Phi) is 3.76. The maximum Gasteiger partial charge on any atom is 0.238 e. The Morgan fingerprint density at radius 2 is 1.50 bits per heavy atom. The predicted octanol–water partition coefficient (Wildman–Crippen LogP) is 2.26. The van der Waals surface area contributed by atoms with Gasteiger partial charge in [-0.2, -0.15) is 0 Å². The number of primary sulfonamides is 1. The molecule has 2 bridgehead atoms. The van der Waals surface area contributed by atoms with Crippen LogP contribution < -0.4 is 10.0 Å². The summed E-state index contributed by atoms with van der Waals surface area (Å²) in [5, 5.41) is 5.13. The number of nitrogens with zero attached hydrogens (tertiary/aromatic N) is 1. The topological polar surface area (TPSA) is 97.5 Å². The molecule has 0 aromatic heterocycles. The second-order valence-corrected chi connectivity index (χ2v) is 9.58. The lowest BCUT2D eigenvalue weighted by atomic mass is 9.73. The van der Waals surface area contributed by atoms with E-state index in [1.807, 2.05) is 18.2 Å². The van der Waals surface area contributed by atoms with E-state index >= 15 is 0 Å². The van der Waals surface area contributed by atoms with E-state index in [-0.39, 0.29) is 40.4 Å². The third-order valence-electron chi connectivity index (χ3n) is 6.67. The number of fused-ring (bicyclic) bond motifs is 5. The first kappa shape index (κ1) is 17.6. The molecule has 6 nitrogen and oxygen atoms in total. The van der Waals surface area contributed by atoms with Crippen molar-refractivity contribution < 1.29 is 18.0 Å². The van der Waals surface area contributed by atoms with Crippen LogP contribution in [0.2, 0.25) is 0 Å². The van der Waals surface area contributed by atoms with E-state index in [1.54, 1.807) is 0 Å². The normalized spacial score (nSPS) is 31.5. The zero-order valence-electron chi connectivity index (χ0n) is 15.1. The van der Waals surface area contributed by atoms with E-state index < -0.39 is 10.0 Å². The highest BCUT2D eigenvalue weighted by atomic mass is 32.2. The molecule has 2 amide bonds. The Hall–Kier alpha value is -2.51. The molecule has 5 rings (SSSR count). The van der Waals surface area contributed by atoms with Crippen LogP contribution in [0.15, 0.2) is 59.5 Å². The third-order valence-corrected chi connectivity index (χ3v) is 7.60. The van der Waals surface area contributed by atoms with Gasteiger partial charge in [-0.3, -0.25) is 14.5 Å². The van der Waals surface area contributed by atoms with Crippen molar-refractivity contribution in [3.05, 3.63) is 60.2 Å². The quantitative estimate of drug-likeness (QED) is 0.805. The molecule has 2 N–H and O–H groups in total. The molecule has 2 aliphatic carbocycles. The molecule has 144 valence electrons. The molecule has 2 saturated carbocycles. The van der Waals surface area contributed by atoms with Gasteiger partial charge in [0, 0.05) is 0 Å². The van der Waals surface area contributed by atoms with Crippen molar-refractivity contribution in [3.63, 3.8) is 0 Å². The minimum absolute atomic E-state index is 0.0419. The number of hydrogen-bond acceptors (Lipinski definition) is 4. The van der Waals surface area contributed by atoms with Gasteiger partial charge >= 0.3 is 0 Å². The van der Waals surface area contributed by atoms with Gasteiger partial charge in [0.15, 0.2) is 0 Å². The van der Waals surface area contributed by atoms with Gasteiger partial charge in [-0.15, -0.1) is 0 Å². The number of rotatable bonds is 3. The first-order chi connectivity index (χ1) is 13.4. The number of carbonyl (C=O) groups is 2. The highest BCUT2D eigenvalue weighted by Crippen LogP contribution is 2.61. The van der Waals surface area contributed by atoms with Gasteiger partial charge in [0.1, 0.15) is 0 Å². The number of nitrogens with two attached hydrogens (primary N) is 1. The lowest BCUT2D eigenvalue weighted by molar-refractivity contribution is -0.123. The fourth-order valence-corrected chi connectivity index (χ4v) is 6.10. The fourth-order valence-electron chi connectivity index (χ4n) is 5.58. The Bertz CT molecular complexity index is 1070. The molecule has 1 heterocycles. The molecule has 5 atom stereocenters. The van der Waals surface area contributed by atoms with E-state index in [4.69, 9.17) is 5.14 Å². The van der Waals surface area contributed by atoms with Crippen molar-refractivity contribution in [1.82, 2.24) is 0 Å². The van der Waals surface area contributed by atoms with Crippen molar-refractivity contribution in [2.45, 2.75) is 23.7 Å². The summed E-state index contributed by atoms with van der Waals surface area (Å²) in [6.07, 6.45) is 1.86. The summed E-state index contributed by atoms with van der Waals surface area (Å²) in [4.78, 5) is 27.5. The highest BCUT2D eigenvalue weighted by Gasteiger charge is 2.64. The predicted molar refractivity (Wildman–Crippen MR) is 103 cm³/mol. The van der Waals surface area contributed by atoms with Gasteiger partial charge in [0.2, 0.25) is 21.8 Å². The van der Waals surface area contributed by atoms with Crippen molar-refractivity contribution in [2.75, 3.05) is 4.90 Å². The lowest BCUT2D eigenvalue weighted by Gasteiger charge is -2.28. The van der Waals surface area contributed by atoms with Crippen LogP contribution in [-0.2, 0) is 19.6 Å². The number of anilines is 1. The van der Waals surface area contributed by atoms with Crippen molar-refractivity contribution in [1.29, 1.82) is 0 Å². The van der Waals surface area contributed by atoms with E-state index in [0.717, 1.165) is 12.8 Å². The van der Waals surface area contributed by atoms with Crippen LogP contribution in [0.4, 0.5) is 5.69 Å². The number of hydrogen-bond donors (Lipinski definition) is 1. The number of benzene rings is 2. The number of amides is 2. The molecule has 5 unspecified atom stereocenters. The summed E-state index contributed by atoms with van der Waals surface area (Å²) in [6.45, 7) is 0. The van der Waals surface area contributed by atoms with Crippen molar-refractivity contribution >= 4 is 27.5 Å². The zero-order chi connectivity index (χ0) is 19.6. The molecule has 0 spiro atoms. The van der Waals surface area contributed by atoms with Crippen LogP contribution in [0.5, 0.6) is 0 Å². The summed E-state index contributed by atoms with van der Waals surface area (Å²) in [7, 11) is -3.82. The standard InChI is InChI=1S/C21H20N2O4S/c22-28(26,27)15-8-6-14(7-9-15)23-20(24)18-13-10-16(12-4-2-1-3-5-12)17(11-13)19(18)21(23)25/h1-9,13,16-19H,10-11H2,(H2,22,26,27). The molecular formula is C21H20N2O4S. The smallest absolute Gasteiger partial charge is 0.238 e. The van der Waals surface area contributed by atoms with E-state index in [2.05, 4.69) is 12.1 Å². The minimum Gasteiger partial charge on any atom is -0.274 e. The molecule has 2 aromatic rings. The molecule has 1 aliphatic heterocycles. The minimum atomic E-state index is -3.82. The van der Waals surface area contributed by atoms with Gasteiger partial charge in [0.25, 0.3) is 0 Å². The number of imide groups is 1. The number of sulfonamides is 1. The Morgan fingerprint density at radius 1 is 0.857 bits per heavy atom. The van der Waals surface area contributed by atoms with Crippen LogP contribution in [0.25, 0.3) is 0 Å². The number of carbonyl (C=O) groups excluding carboxylic acids is 2. The van der Waals surface area contributed by atoms with Crippen LogP contribution in [0, 0.1) is 23.7 Å². The van der Waals surface area contributed by atoms with Gasteiger partial charge < -0.3 is 0 Å². The zero-order valence-corrected chi connectivity index (χ0v) is 15.9. The molecule has 7 heteroatoms. The van der Waals surface area contributed by atoms with Crippen LogP contribution >= 0.6 is 0 Å². The Morgan fingerprint density at radius 3 is 2.14 bits per heavy atom. The largest absolute Gasteiger partial charge is 0.274 e. The maximum atomic E-state index is 13.2. The molecule has 1 saturated heterocycles.